The van der Waals surface area contributed by atoms with Crippen molar-refractivity contribution in [2.45, 2.75) is 39.0 Å². The molecule has 8 heteroatoms. The van der Waals surface area contributed by atoms with E-state index in [0.717, 1.165) is 0 Å². The van der Waals surface area contributed by atoms with Crippen LogP contribution >= 0.6 is 0 Å². The second-order valence-electron chi connectivity index (χ2n) is 6.16. The maximum atomic E-state index is 12.4. The van der Waals surface area contributed by atoms with Gasteiger partial charge in [0.2, 0.25) is 0 Å². The van der Waals surface area contributed by atoms with Gasteiger partial charge < -0.3 is 25.0 Å². The molecule has 0 aliphatic carbocycles. The largest absolute Gasteiger partial charge is 0.507 e. The lowest BCUT2D eigenvalue weighted by molar-refractivity contribution is -0.144. The molecule has 0 saturated heterocycles. The zero-order valence-electron chi connectivity index (χ0n) is 13.1. The van der Waals surface area contributed by atoms with E-state index in [4.69, 9.17) is 14.9 Å². The Labute approximate surface area is 137 Å². The number of carboxylic acids is 2. The lowest BCUT2D eigenvalue weighted by Crippen LogP contribution is -2.38. The number of benzene rings is 1. The minimum absolute atomic E-state index is 0.000102. The predicted octanol–water partition coefficient (Wildman–Crippen LogP) is 0.845. The molecule has 1 aromatic rings. The number of nitrogens with zero attached hydrogens (tertiary/aromatic N) is 1. The number of fused-ring (bicyclic) bond motifs is 2. The first-order chi connectivity index (χ1) is 11.2. The average molecular weight is 335 g/mol. The minimum atomic E-state index is -1.13. The fraction of sp³-hybridized carbons (Fsp3) is 0.438. The maximum Gasteiger partial charge on any atom is 0.326 e. The average Bonchev–Trinajstić information content (AvgIpc) is 3.09. The molecule has 1 amide bonds. The van der Waals surface area contributed by atoms with E-state index >= 15 is 0 Å². The van der Waals surface area contributed by atoms with Gasteiger partial charge in [0.1, 0.15) is 23.6 Å². The maximum absolute atomic E-state index is 12.4. The fourth-order valence-corrected chi connectivity index (χ4v) is 3.07. The molecule has 3 N–H and O–H groups in total. The summed E-state index contributed by atoms with van der Waals surface area (Å²) in [6.45, 7) is 2.92. The van der Waals surface area contributed by atoms with E-state index in [2.05, 4.69) is 0 Å². The zero-order chi connectivity index (χ0) is 17.8. The van der Waals surface area contributed by atoms with Crippen LogP contribution in [0.3, 0.4) is 0 Å². The molecule has 0 bridgehead atoms. The highest BCUT2D eigenvalue weighted by Gasteiger charge is 2.40. The topological polar surface area (TPSA) is 124 Å². The second-order valence-corrected chi connectivity index (χ2v) is 6.16. The van der Waals surface area contributed by atoms with E-state index < -0.39 is 35.9 Å². The van der Waals surface area contributed by atoms with Gasteiger partial charge in [-0.3, -0.25) is 9.59 Å². The van der Waals surface area contributed by atoms with Crippen molar-refractivity contribution in [2.24, 2.45) is 5.92 Å². The lowest BCUT2D eigenvalue weighted by atomic mass is 9.97. The number of carboxylic acid groups (broad SMARTS) is 2. The Hall–Kier alpha value is -2.77. The highest BCUT2D eigenvalue weighted by Crippen LogP contribution is 2.44. The van der Waals surface area contributed by atoms with E-state index in [0.29, 0.717) is 11.1 Å². The Kier molecular flexibility index (Phi) is 3.62. The number of carbonyl (C=O) groups excluding carboxylic acids is 1. The summed E-state index contributed by atoms with van der Waals surface area (Å²) < 4.78 is 5.60. The first kappa shape index (κ1) is 16.1. The number of hydrogen-bond donors (Lipinski definition) is 3. The molecule has 3 atom stereocenters. The molecule has 0 fully saturated rings. The quantitative estimate of drug-likeness (QED) is 0.745. The summed E-state index contributed by atoms with van der Waals surface area (Å²) in [4.78, 5) is 35.8. The summed E-state index contributed by atoms with van der Waals surface area (Å²) in [6.07, 6.45) is -0.389. The van der Waals surface area contributed by atoms with Crippen molar-refractivity contribution in [3.8, 4) is 11.5 Å². The molecule has 3 rings (SSSR count). The molecule has 2 aliphatic rings. The predicted molar refractivity (Wildman–Crippen MR) is 80.0 cm³/mol. The van der Waals surface area contributed by atoms with Gasteiger partial charge in [-0.15, -0.1) is 0 Å². The van der Waals surface area contributed by atoms with E-state index in [1.165, 1.54) is 24.8 Å². The molecule has 8 nitrogen and oxygen atoms in total. The molecular formula is C16H17NO7. The first-order valence-corrected chi connectivity index (χ1v) is 7.53. The molecule has 0 spiro atoms. The molecule has 2 aliphatic heterocycles. The Bertz CT molecular complexity index is 757. The Morgan fingerprint density at radius 3 is 2.50 bits per heavy atom. The van der Waals surface area contributed by atoms with Gasteiger partial charge >= 0.3 is 11.9 Å². The van der Waals surface area contributed by atoms with Crippen molar-refractivity contribution < 1.29 is 34.4 Å². The summed E-state index contributed by atoms with van der Waals surface area (Å²) in [5, 5.41) is 28.6. The molecule has 3 unspecified atom stereocenters. The van der Waals surface area contributed by atoms with Crippen LogP contribution in [0.1, 0.15) is 35.3 Å². The van der Waals surface area contributed by atoms with Gasteiger partial charge in [0, 0.05) is 17.5 Å². The molecule has 1 aromatic carbocycles. The van der Waals surface area contributed by atoms with Crippen LogP contribution < -0.4 is 4.74 Å². The number of amides is 1. The number of phenols is 1. The highest BCUT2D eigenvalue weighted by molar-refractivity contribution is 6.01. The van der Waals surface area contributed by atoms with Gasteiger partial charge in [-0.2, -0.15) is 0 Å². The number of hydrogen-bond acceptors (Lipinski definition) is 5. The standard InChI is InChI=1S/C16H17NO7/c1-6(15(20)21)11-4-9-12(24-11)3-8-10(13(9)18)5-17(14(8)19)7(2)16(22)23/h3,6-7,11,18H,4-5H2,1-2H3,(H,20,21)(H,22,23). The number of aliphatic carboxylic acids is 2. The van der Waals surface area contributed by atoms with Crippen LogP contribution in [-0.2, 0) is 22.6 Å². The van der Waals surface area contributed by atoms with E-state index in [9.17, 15) is 19.5 Å². The van der Waals surface area contributed by atoms with Crippen LogP contribution in [0.15, 0.2) is 6.07 Å². The third-order valence-electron chi connectivity index (χ3n) is 4.75. The number of carbonyl (C=O) groups is 3. The van der Waals surface area contributed by atoms with Crippen molar-refractivity contribution >= 4 is 17.8 Å². The van der Waals surface area contributed by atoms with Crippen molar-refractivity contribution in [1.29, 1.82) is 0 Å². The number of phenolic OH excluding ortho intramolecular Hbond substituents is 1. The van der Waals surface area contributed by atoms with Crippen LogP contribution in [0, 0.1) is 5.92 Å². The summed E-state index contributed by atoms with van der Waals surface area (Å²) in [5.74, 6) is -3.21. The number of ether oxygens (including phenoxy) is 1. The Balaban J connectivity index is 1.94. The lowest BCUT2D eigenvalue weighted by Gasteiger charge is -2.20. The Morgan fingerprint density at radius 1 is 1.25 bits per heavy atom. The Morgan fingerprint density at radius 2 is 1.92 bits per heavy atom. The van der Waals surface area contributed by atoms with E-state index in [1.54, 1.807) is 0 Å². The molecule has 0 saturated carbocycles. The summed E-state index contributed by atoms with van der Waals surface area (Å²) in [5.41, 5.74) is 1.02. The monoisotopic (exact) mass is 335 g/mol. The zero-order valence-corrected chi connectivity index (χ0v) is 13.1. The van der Waals surface area contributed by atoms with Crippen molar-refractivity contribution in [3.63, 3.8) is 0 Å². The molecular weight excluding hydrogens is 318 g/mol. The van der Waals surface area contributed by atoms with Crippen molar-refractivity contribution in [1.82, 2.24) is 4.90 Å². The molecule has 2 heterocycles. The minimum Gasteiger partial charge on any atom is -0.507 e. The highest BCUT2D eigenvalue weighted by atomic mass is 16.5. The van der Waals surface area contributed by atoms with Crippen LogP contribution in [-0.4, -0.2) is 50.2 Å². The summed E-state index contributed by atoms with van der Waals surface area (Å²) in [7, 11) is 0. The van der Waals surface area contributed by atoms with Crippen LogP contribution in [0.2, 0.25) is 0 Å². The van der Waals surface area contributed by atoms with Gasteiger partial charge in [-0.25, -0.2) is 4.79 Å². The SMILES string of the molecule is CC(C(=O)O)C1Cc2c(cc3c(c2O)CN(C(C)C(=O)O)C3=O)O1. The molecule has 0 radical (unpaired) electrons. The van der Waals surface area contributed by atoms with Crippen LogP contribution in [0.4, 0.5) is 0 Å². The van der Waals surface area contributed by atoms with Crippen LogP contribution in [0.25, 0.3) is 0 Å². The van der Waals surface area contributed by atoms with Crippen molar-refractivity contribution in [3.05, 3.63) is 22.8 Å². The smallest absolute Gasteiger partial charge is 0.326 e. The molecule has 128 valence electrons. The fourth-order valence-electron chi connectivity index (χ4n) is 3.07. The van der Waals surface area contributed by atoms with E-state index in [1.807, 2.05) is 0 Å². The second kappa shape index (κ2) is 5.40. The summed E-state index contributed by atoms with van der Waals surface area (Å²) in [6, 6.07) is 0.454. The summed E-state index contributed by atoms with van der Waals surface area (Å²) >= 11 is 0. The van der Waals surface area contributed by atoms with Gasteiger partial charge in [-0.1, -0.05) is 0 Å². The van der Waals surface area contributed by atoms with Gasteiger partial charge in [0.05, 0.1) is 18.0 Å². The van der Waals surface area contributed by atoms with Gasteiger partial charge in [-0.05, 0) is 19.9 Å². The molecule has 24 heavy (non-hydrogen) atoms. The van der Waals surface area contributed by atoms with E-state index in [-0.39, 0.29) is 30.0 Å². The first-order valence-electron chi connectivity index (χ1n) is 7.53. The van der Waals surface area contributed by atoms with Gasteiger partial charge in [0.25, 0.3) is 5.91 Å². The number of aromatic hydroxyl groups is 1. The number of rotatable bonds is 4. The van der Waals surface area contributed by atoms with Crippen LogP contribution in [0.5, 0.6) is 11.5 Å². The van der Waals surface area contributed by atoms with Crippen molar-refractivity contribution in [2.75, 3.05) is 0 Å². The normalized spacial score (nSPS) is 21.0. The third-order valence-corrected chi connectivity index (χ3v) is 4.75. The molecule has 0 aromatic heterocycles. The third kappa shape index (κ3) is 2.26. The van der Waals surface area contributed by atoms with Gasteiger partial charge in [0.15, 0.2) is 0 Å².